The highest BCUT2D eigenvalue weighted by atomic mass is 16.1. The van der Waals surface area contributed by atoms with Crippen LogP contribution in [0.5, 0.6) is 0 Å². The van der Waals surface area contributed by atoms with Gasteiger partial charge in [-0.05, 0) is 50.9 Å². The molecule has 3 fully saturated rings. The van der Waals surface area contributed by atoms with E-state index in [9.17, 15) is 4.79 Å². The Bertz CT molecular complexity index is 291. The maximum absolute atomic E-state index is 10.9. The summed E-state index contributed by atoms with van der Waals surface area (Å²) in [6.45, 7) is 2.37. The average Bonchev–Trinajstić information content (AvgIpc) is 2.70. The van der Waals surface area contributed by atoms with Crippen LogP contribution in [0.1, 0.15) is 64.7 Å². The van der Waals surface area contributed by atoms with Crippen molar-refractivity contribution in [3.05, 3.63) is 0 Å². The van der Waals surface area contributed by atoms with Crippen LogP contribution in [0, 0.1) is 11.8 Å². The van der Waals surface area contributed by atoms with Gasteiger partial charge in [-0.25, -0.2) is 0 Å². The third-order valence-electron chi connectivity index (χ3n) is 5.74. The van der Waals surface area contributed by atoms with E-state index in [1.54, 1.807) is 0 Å². The number of rotatable bonds is 3. The largest absolute Gasteiger partial charge is 0.303 e. The van der Waals surface area contributed by atoms with Gasteiger partial charge in [-0.15, -0.1) is 0 Å². The van der Waals surface area contributed by atoms with E-state index < -0.39 is 0 Å². The minimum absolute atomic E-state index is 0.557. The summed E-state index contributed by atoms with van der Waals surface area (Å²) in [5.74, 6) is 1.99. The van der Waals surface area contributed by atoms with Gasteiger partial charge in [0.25, 0.3) is 0 Å². The number of hydrogen-bond donors (Lipinski definition) is 0. The zero-order chi connectivity index (χ0) is 12.5. The molecule has 0 aromatic carbocycles. The number of carbonyl (C=O) groups is 1. The number of fused-ring (bicyclic) bond motifs is 2. The number of likely N-dealkylation sites (tertiary alicyclic amines) is 1. The first-order valence-electron chi connectivity index (χ1n) is 7.99. The molecule has 2 bridgehead atoms. The van der Waals surface area contributed by atoms with Crippen molar-refractivity contribution in [1.82, 2.24) is 4.90 Å². The molecule has 0 aromatic rings. The predicted octanol–water partition coefficient (Wildman–Crippen LogP) is 3.40. The number of carbonyl (C=O) groups excluding carboxylic acids is 1. The van der Waals surface area contributed by atoms with Gasteiger partial charge >= 0.3 is 0 Å². The molecule has 0 amide bonds. The molecule has 1 heterocycles. The molecule has 0 aromatic heterocycles. The van der Waals surface area contributed by atoms with Crippen molar-refractivity contribution in [3.63, 3.8) is 0 Å². The Morgan fingerprint density at radius 1 is 1.06 bits per heavy atom. The number of hydrogen-bond acceptors (Lipinski definition) is 2. The molecule has 0 radical (unpaired) electrons. The molecule has 2 aliphatic carbocycles. The Labute approximate surface area is 111 Å². The van der Waals surface area contributed by atoms with E-state index in [2.05, 4.69) is 11.8 Å². The first-order valence-corrected chi connectivity index (χ1v) is 7.99. The minimum Gasteiger partial charge on any atom is -0.303 e. The van der Waals surface area contributed by atoms with E-state index in [4.69, 9.17) is 0 Å². The van der Waals surface area contributed by atoms with Gasteiger partial charge in [0.05, 0.1) is 0 Å². The Kier molecular flexibility index (Phi) is 3.74. The van der Waals surface area contributed by atoms with Crippen LogP contribution in [-0.2, 0) is 4.79 Å². The minimum atomic E-state index is 0.557. The van der Waals surface area contributed by atoms with Gasteiger partial charge in [-0.3, -0.25) is 4.90 Å². The van der Waals surface area contributed by atoms with E-state index in [1.165, 1.54) is 51.4 Å². The summed E-state index contributed by atoms with van der Waals surface area (Å²) in [6.07, 6.45) is 13.2. The van der Waals surface area contributed by atoms with Crippen LogP contribution in [0.3, 0.4) is 0 Å². The van der Waals surface area contributed by atoms with Crippen molar-refractivity contribution in [1.29, 1.82) is 0 Å². The Balaban J connectivity index is 1.70. The molecule has 0 spiro atoms. The van der Waals surface area contributed by atoms with Crippen LogP contribution in [-0.4, -0.2) is 29.3 Å². The summed E-state index contributed by atoms with van der Waals surface area (Å²) >= 11 is 0. The molecule has 2 saturated carbocycles. The van der Waals surface area contributed by atoms with E-state index in [0.717, 1.165) is 30.6 Å². The van der Waals surface area contributed by atoms with Gasteiger partial charge in [0.15, 0.2) is 0 Å². The van der Waals surface area contributed by atoms with Crippen molar-refractivity contribution >= 4 is 6.29 Å². The van der Waals surface area contributed by atoms with Crippen LogP contribution in [0.25, 0.3) is 0 Å². The van der Waals surface area contributed by atoms with Crippen LogP contribution >= 0.6 is 0 Å². The standard InChI is InChI=1S/C16H27NO/c1-12-5-6-15(7-8-18)17(12)16-10-13-3-2-4-14(9-13)11-16/h8,12-16H,2-7,9-11H2,1H3. The quantitative estimate of drug-likeness (QED) is 0.715. The number of nitrogens with zero attached hydrogens (tertiary/aromatic N) is 1. The average molecular weight is 249 g/mol. The van der Waals surface area contributed by atoms with Gasteiger partial charge in [-0.1, -0.05) is 19.3 Å². The Morgan fingerprint density at radius 3 is 2.44 bits per heavy atom. The third-order valence-corrected chi connectivity index (χ3v) is 5.74. The van der Waals surface area contributed by atoms with Gasteiger partial charge < -0.3 is 4.79 Å². The second-order valence-corrected chi connectivity index (χ2v) is 6.95. The Morgan fingerprint density at radius 2 is 1.78 bits per heavy atom. The molecular formula is C16H27NO. The first kappa shape index (κ1) is 12.7. The molecule has 1 saturated heterocycles. The second-order valence-electron chi connectivity index (χ2n) is 6.95. The normalized spacial score (nSPS) is 45.1. The fraction of sp³-hybridized carbons (Fsp3) is 0.938. The van der Waals surface area contributed by atoms with Gasteiger partial charge in [0, 0.05) is 24.5 Å². The molecule has 18 heavy (non-hydrogen) atoms. The molecule has 1 aliphatic heterocycles. The van der Waals surface area contributed by atoms with E-state index in [0.29, 0.717) is 12.1 Å². The SMILES string of the molecule is CC1CCC(CC=O)N1C1CC2CCCC(C2)C1. The molecule has 2 nitrogen and oxygen atoms in total. The topological polar surface area (TPSA) is 20.3 Å². The molecule has 2 heteroatoms. The van der Waals surface area contributed by atoms with Gasteiger partial charge in [0.1, 0.15) is 6.29 Å². The van der Waals surface area contributed by atoms with E-state index in [-0.39, 0.29) is 0 Å². The van der Waals surface area contributed by atoms with E-state index in [1.807, 2.05) is 0 Å². The smallest absolute Gasteiger partial charge is 0.121 e. The summed E-state index contributed by atoms with van der Waals surface area (Å²) < 4.78 is 0. The highest BCUT2D eigenvalue weighted by Crippen LogP contribution is 2.44. The molecule has 3 rings (SSSR count). The van der Waals surface area contributed by atoms with Crippen molar-refractivity contribution < 1.29 is 4.79 Å². The van der Waals surface area contributed by atoms with Crippen molar-refractivity contribution in [2.75, 3.05) is 0 Å². The van der Waals surface area contributed by atoms with Gasteiger partial charge in [0.2, 0.25) is 0 Å². The third kappa shape index (κ3) is 2.36. The van der Waals surface area contributed by atoms with Crippen LogP contribution in [0.2, 0.25) is 0 Å². The maximum Gasteiger partial charge on any atom is 0.121 e. The lowest BCUT2D eigenvalue weighted by Gasteiger charge is -2.45. The van der Waals surface area contributed by atoms with Crippen LogP contribution in [0.4, 0.5) is 0 Å². The lowest BCUT2D eigenvalue weighted by molar-refractivity contribution is -0.109. The zero-order valence-corrected chi connectivity index (χ0v) is 11.7. The number of aldehydes is 1. The molecule has 0 N–H and O–H groups in total. The highest BCUT2D eigenvalue weighted by Gasteiger charge is 2.40. The monoisotopic (exact) mass is 249 g/mol. The summed E-state index contributed by atoms with van der Waals surface area (Å²) in [7, 11) is 0. The van der Waals surface area contributed by atoms with Crippen LogP contribution < -0.4 is 0 Å². The lowest BCUT2D eigenvalue weighted by atomic mass is 9.70. The molecular weight excluding hydrogens is 222 g/mol. The predicted molar refractivity (Wildman–Crippen MR) is 73.5 cm³/mol. The molecule has 4 unspecified atom stereocenters. The summed E-state index contributed by atoms with van der Waals surface area (Å²) in [5.41, 5.74) is 0. The van der Waals surface area contributed by atoms with Gasteiger partial charge in [-0.2, -0.15) is 0 Å². The second kappa shape index (κ2) is 5.32. The summed E-state index contributed by atoms with van der Waals surface area (Å²) in [5, 5.41) is 0. The Hall–Kier alpha value is -0.370. The van der Waals surface area contributed by atoms with Crippen molar-refractivity contribution in [2.45, 2.75) is 82.8 Å². The van der Waals surface area contributed by atoms with Crippen LogP contribution in [0.15, 0.2) is 0 Å². The highest BCUT2D eigenvalue weighted by molar-refractivity contribution is 5.50. The van der Waals surface area contributed by atoms with Crippen molar-refractivity contribution in [2.24, 2.45) is 11.8 Å². The fourth-order valence-electron chi connectivity index (χ4n) is 5.04. The lowest BCUT2D eigenvalue weighted by Crippen LogP contribution is -2.47. The van der Waals surface area contributed by atoms with Crippen molar-refractivity contribution in [3.8, 4) is 0 Å². The summed E-state index contributed by atoms with van der Waals surface area (Å²) in [4.78, 5) is 13.6. The first-order chi connectivity index (χ1) is 8.78. The summed E-state index contributed by atoms with van der Waals surface area (Å²) in [6, 6.07) is 2.05. The molecule has 102 valence electrons. The molecule has 3 aliphatic rings. The maximum atomic E-state index is 10.9. The zero-order valence-electron chi connectivity index (χ0n) is 11.7. The molecule has 4 atom stereocenters. The van der Waals surface area contributed by atoms with E-state index >= 15 is 0 Å². The fourth-order valence-corrected chi connectivity index (χ4v) is 5.04.